The Morgan fingerprint density at radius 3 is 3.20 bits per heavy atom. The van der Waals surface area contributed by atoms with Gasteiger partial charge in [-0.1, -0.05) is 13.3 Å². The first-order valence-electron chi connectivity index (χ1n) is 5.61. The fraction of sp³-hybridized carbons (Fsp3) is 0.727. The van der Waals surface area contributed by atoms with Crippen molar-refractivity contribution in [2.24, 2.45) is 0 Å². The maximum atomic E-state index is 9.07. The molecule has 1 aliphatic heterocycles. The molecule has 1 aliphatic rings. The molecule has 2 heterocycles. The van der Waals surface area contributed by atoms with Crippen LogP contribution in [0.4, 0.5) is 0 Å². The SMILES string of the molecule is CC(CO)c1cnc(C2CCCCN2)s1. The number of hydrogen-bond acceptors (Lipinski definition) is 4. The van der Waals surface area contributed by atoms with E-state index in [1.165, 1.54) is 29.1 Å². The van der Waals surface area contributed by atoms with Crippen molar-refractivity contribution in [1.29, 1.82) is 0 Å². The van der Waals surface area contributed by atoms with Gasteiger partial charge in [-0.05, 0) is 19.4 Å². The zero-order valence-electron chi connectivity index (χ0n) is 9.07. The van der Waals surface area contributed by atoms with E-state index in [9.17, 15) is 0 Å². The molecule has 84 valence electrons. The van der Waals surface area contributed by atoms with Gasteiger partial charge in [-0.15, -0.1) is 11.3 Å². The molecule has 4 heteroatoms. The van der Waals surface area contributed by atoms with Crippen LogP contribution in [0.25, 0.3) is 0 Å². The van der Waals surface area contributed by atoms with Crippen LogP contribution in [0.1, 0.15) is 48.0 Å². The predicted molar refractivity (Wildman–Crippen MR) is 62.2 cm³/mol. The van der Waals surface area contributed by atoms with Gasteiger partial charge in [0.2, 0.25) is 0 Å². The Morgan fingerprint density at radius 1 is 1.67 bits per heavy atom. The first kappa shape index (κ1) is 11.0. The molecule has 0 aliphatic carbocycles. The van der Waals surface area contributed by atoms with E-state index in [1.807, 2.05) is 13.1 Å². The zero-order valence-corrected chi connectivity index (χ0v) is 9.89. The van der Waals surface area contributed by atoms with Crippen LogP contribution >= 0.6 is 11.3 Å². The molecule has 0 spiro atoms. The van der Waals surface area contributed by atoms with Crippen LogP contribution in [0.15, 0.2) is 6.20 Å². The molecule has 2 rings (SSSR count). The average molecular weight is 226 g/mol. The highest BCUT2D eigenvalue weighted by atomic mass is 32.1. The molecule has 2 atom stereocenters. The van der Waals surface area contributed by atoms with Crippen molar-refractivity contribution < 1.29 is 5.11 Å². The molecule has 0 saturated carbocycles. The Balaban J connectivity index is 2.05. The van der Waals surface area contributed by atoms with Crippen LogP contribution in [-0.2, 0) is 0 Å². The van der Waals surface area contributed by atoms with Gasteiger partial charge in [0.05, 0.1) is 12.6 Å². The molecule has 15 heavy (non-hydrogen) atoms. The van der Waals surface area contributed by atoms with Crippen LogP contribution in [0.5, 0.6) is 0 Å². The molecule has 1 aromatic rings. The summed E-state index contributed by atoms with van der Waals surface area (Å²) in [5.41, 5.74) is 0. The van der Waals surface area contributed by atoms with E-state index < -0.39 is 0 Å². The highest BCUT2D eigenvalue weighted by Crippen LogP contribution is 2.29. The zero-order chi connectivity index (χ0) is 10.7. The minimum absolute atomic E-state index is 0.208. The molecule has 1 fully saturated rings. The monoisotopic (exact) mass is 226 g/mol. The lowest BCUT2D eigenvalue weighted by molar-refractivity contribution is 0.274. The second-order valence-corrected chi connectivity index (χ2v) is 5.28. The van der Waals surface area contributed by atoms with E-state index in [-0.39, 0.29) is 12.5 Å². The van der Waals surface area contributed by atoms with Gasteiger partial charge in [-0.3, -0.25) is 0 Å². The lowest BCUT2D eigenvalue weighted by Crippen LogP contribution is -2.26. The number of aliphatic hydroxyl groups excluding tert-OH is 1. The van der Waals surface area contributed by atoms with Gasteiger partial charge in [0, 0.05) is 17.0 Å². The molecular weight excluding hydrogens is 208 g/mol. The van der Waals surface area contributed by atoms with E-state index in [0.29, 0.717) is 6.04 Å². The summed E-state index contributed by atoms with van der Waals surface area (Å²) < 4.78 is 0. The predicted octanol–water partition coefficient (Wildman–Crippen LogP) is 2.05. The summed E-state index contributed by atoms with van der Waals surface area (Å²) in [6, 6.07) is 0.448. The number of rotatable bonds is 3. The Hall–Kier alpha value is -0.450. The van der Waals surface area contributed by atoms with Crippen molar-refractivity contribution in [3.05, 3.63) is 16.1 Å². The molecule has 0 radical (unpaired) electrons. The third-order valence-electron chi connectivity index (χ3n) is 2.91. The summed E-state index contributed by atoms with van der Waals surface area (Å²) in [5.74, 6) is 0.222. The number of aromatic nitrogens is 1. The molecule has 0 aromatic carbocycles. The van der Waals surface area contributed by atoms with Gasteiger partial charge >= 0.3 is 0 Å². The van der Waals surface area contributed by atoms with Gasteiger partial charge in [0.1, 0.15) is 5.01 Å². The van der Waals surface area contributed by atoms with Crippen molar-refractivity contribution >= 4 is 11.3 Å². The van der Waals surface area contributed by atoms with E-state index in [0.717, 1.165) is 6.54 Å². The normalized spacial score (nSPS) is 24.0. The largest absolute Gasteiger partial charge is 0.396 e. The molecule has 0 bridgehead atoms. The second-order valence-electron chi connectivity index (χ2n) is 4.19. The lowest BCUT2D eigenvalue weighted by atomic mass is 10.1. The maximum absolute atomic E-state index is 9.07. The lowest BCUT2D eigenvalue weighted by Gasteiger charge is -2.21. The fourth-order valence-electron chi connectivity index (χ4n) is 1.84. The van der Waals surface area contributed by atoms with Gasteiger partial charge in [0.25, 0.3) is 0 Å². The van der Waals surface area contributed by atoms with Crippen LogP contribution in [-0.4, -0.2) is 23.2 Å². The van der Waals surface area contributed by atoms with Gasteiger partial charge in [-0.2, -0.15) is 0 Å². The summed E-state index contributed by atoms with van der Waals surface area (Å²) in [6.07, 6.45) is 5.68. The van der Waals surface area contributed by atoms with Gasteiger partial charge in [0.15, 0.2) is 0 Å². The Kier molecular flexibility index (Phi) is 3.72. The fourth-order valence-corrected chi connectivity index (χ4v) is 2.91. The summed E-state index contributed by atoms with van der Waals surface area (Å²) in [7, 11) is 0. The third-order valence-corrected chi connectivity index (χ3v) is 4.25. The minimum Gasteiger partial charge on any atom is -0.396 e. The third kappa shape index (κ3) is 2.56. The molecule has 0 amide bonds. The maximum Gasteiger partial charge on any atom is 0.110 e. The van der Waals surface area contributed by atoms with Crippen molar-refractivity contribution in [3.8, 4) is 0 Å². The number of thiazole rings is 1. The molecule has 1 saturated heterocycles. The topological polar surface area (TPSA) is 45.2 Å². The highest BCUT2D eigenvalue weighted by Gasteiger charge is 2.19. The molecule has 1 aromatic heterocycles. The van der Waals surface area contributed by atoms with E-state index in [2.05, 4.69) is 10.3 Å². The van der Waals surface area contributed by atoms with Crippen LogP contribution in [0, 0.1) is 0 Å². The number of nitrogens with zero attached hydrogens (tertiary/aromatic N) is 1. The van der Waals surface area contributed by atoms with Gasteiger partial charge < -0.3 is 10.4 Å². The first-order chi connectivity index (χ1) is 7.31. The van der Waals surface area contributed by atoms with E-state index >= 15 is 0 Å². The van der Waals surface area contributed by atoms with Crippen molar-refractivity contribution in [2.75, 3.05) is 13.2 Å². The number of nitrogens with one attached hydrogen (secondary N) is 1. The number of aliphatic hydroxyl groups is 1. The standard InChI is InChI=1S/C11H18N2OS/c1-8(7-14)10-6-13-11(15-10)9-4-2-3-5-12-9/h6,8-9,12,14H,2-5,7H2,1H3. The van der Waals surface area contributed by atoms with Crippen LogP contribution in [0.2, 0.25) is 0 Å². The Morgan fingerprint density at radius 2 is 2.53 bits per heavy atom. The Labute approximate surface area is 94.5 Å². The summed E-state index contributed by atoms with van der Waals surface area (Å²) in [6.45, 7) is 3.35. The minimum atomic E-state index is 0.208. The van der Waals surface area contributed by atoms with Gasteiger partial charge in [-0.25, -0.2) is 4.98 Å². The average Bonchev–Trinajstić information content (AvgIpc) is 2.78. The van der Waals surface area contributed by atoms with E-state index in [1.54, 1.807) is 11.3 Å². The van der Waals surface area contributed by atoms with Crippen LogP contribution < -0.4 is 5.32 Å². The van der Waals surface area contributed by atoms with Crippen LogP contribution in [0.3, 0.4) is 0 Å². The summed E-state index contributed by atoms with van der Waals surface area (Å²) in [4.78, 5) is 5.65. The summed E-state index contributed by atoms with van der Waals surface area (Å²) in [5, 5.41) is 13.7. The Bertz CT molecular complexity index is 307. The smallest absolute Gasteiger partial charge is 0.110 e. The van der Waals surface area contributed by atoms with Crippen molar-refractivity contribution in [2.45, 2.75) is 38.1 Å². The highest BCUT2D eigenvalue weighted by molar-refractivity contribution is 7.11. The number of hydrogen-bond donors (Lipinski definition) is 2. The molecule has 2 unspecified atom stereocenters. The summed E-state index contributed by atoms with van der Waals surface area (Å²) >= 11 is 1.74. The second kappa shape index (κ2) is 5.05. The molecule has 3 nitrogen and oxygen atoms in total. The van der Waals surface area contributed by atoms with Crippen molar-refractivity contribution in [3.63, 3.8) is 0 Å². The molecule has 2 N–H and O–H groups in total. The quantitative estimate of drug-likeness (QED) is 0.829. The van der Waals surface area contributed by atoms with E-state index in [4.69, 9.17) is 5.11 Å². The number of piperidine rings is 1. The molecular formula is C11H18N2OS. The first-order valence-corrected chi connectivity index (χ1v) is 6.42. The van der Waals surface area contributed by atoms with Crippen molar-refractivity contribution in [1.82, 2.24) is 10.3 Å².